The molecule has 24 rings (SSSR count). The summed E-state index contributed by atoms with van der Waals surface area (Å²) in [6.45, 7) is 32.3. The number of nitrogens with zero attached hydrogens (tertiary/aromatic N) is 10. The van der Waals surface area contributed by atoms with E-state index in [9.17, 15) is 24.0 Å². The van der Waals surface area contributed by atoms with Crippen molar-refractivity contribution in [3.05, 3.63) is 262 Å². The van der Waals surface area contributed by atoms with Crippen LogP contribution in [-0.4, -0.2) is 159 Å². The summed E-state index contributed by atoms with van der Waals surface area (Å²) in [6.07, 6.45) is 9.46. The number of ether oxygens (including phenoxy) is 7. The number of aromatic nitrogens is 10. The van der Waals surface area contributed by atoms with Crippen LogP contribution in [0.1, 0.15) is 135 Å². The molecule has 1 atom stereocenters. The maximum atomic E-state index is 12.2. The van der Waals surface area contributed by atoms with Gasteiger partial charge < -0.3 is 33.2 Å². The zero-order valence-electron chi connectivity index (χ0n) is 76.3. The molecule has 0 saturated carbocycles. The van der Waals surface area contributed by atoms with E-state index in [-0.39, 0.29) is 33.6 Å². The van der Waals surface area contributed by atoms with Crippen LogP contribution in [0.4, 0.5) is 0 Å². The van der Waals surface area contributed by atoms with Crippen molar-refractivity contribution in [3.8, 4) is 114 Å². The summed E-state index contributed by atoms with van der Waals surface area (Å²) in [7, 11) is 0. The number of piperidine rings is 2. The molecule has 4 saturated heterocycles. The van der Waals surface area contributed by atoms with Crippen molar-refractivity contribution < 1.29 is 33.2 Å². The second kappa shape index (κ2) is 37.3. The molecule has 27 heteroatoms. The highest BCUT2D eigenvalue weighted by molar-refractivity contribution is 6.06. The minimum atomic E-state index is -0.352. The van der Waals surface area contributed by atoms with Crippen LogP contribution in [0, 0.1) is 11.8 Å². The van der Waals surface area contributed by atoms with Crippen LogP contribution in [0.25, 0.3) is 110 Å². The van der Waals surface area contributed by atoms with Crippen LogP contribution >= 0.6 is 0 Å². The van der Waals surface area contributed by atoms with Gasteiger partial charge in [-0.15, -0.1) is 0 Å². The van der Waals surface area contributed by atoms with Gasteiger partial charge in [-0.2, -0.15) is 25.5 Å². The molecule has 1 unspecified atom stereocenters. The number of H-pyrrole nitrogens is 5. The average Bonchev–Trinajstić information content (AvgIpc) is 1.45. The molecule has 1 spiro atoms. The lowest BCUT2D eigenvalue weighted by Crippen LogP contribution is -2.44. The summed E-state index contributed by atoms with van der Waals surface area (Å²) in [5.74, 6) is 8.65. The normalized spacial score (nSPS) is 16.3. The summed E-state index contributed by atoms with van der Waals surface area (Å²) in [6, 6.07) is 59.9. The van der Waals surface area contributed by atoms with Gasteiger partial charge in [-0.3, -0.25) is 48.5 Å². The molecular weight excluding hydrogens is 1680 g/mol. The Hall–Kier alpha value is -13.4. The van der Waals surface area contributed by atoms with Crippen molar-refractivity contribution in [2.24, 2.45) is 11.8 Å². The van der Waals surface area contributed by atoms with E-state index in [4.69, 9.17) is 33.2 Å². The average molecular weight is 1790 g/mol. The van der Waals surface area contributed by atoms with Crippen LogP contribution < -0.4 is 51.5 Å². The zero-order valence-corrected chi connectivity index (χ0v) is 76.3. The second-order valence-electron chi connectivity index (χ2n) is 36.8. The Kier molecular flexibility index (Phi) is 24.6. The fourth-order valence-corrected chi connectivity index (χ4v) is 20.4. The molecule has 14 heterocycles. The molecule has 9 aliphatic heterocycles. The molecule has 680 valence electrons. The number of nitrogens with one attached hydrogen (secondary N) is 5. The van der Waals surface area contributed by atoms with Gasteiger partial charge in [0, 0.05) is 105 Å². The van der Waals surface area contributed by atoms with Crippen molar-refractivity contribution in [1.29, 1.82) is 0 Å². The van der Waals surface area contributed by atoms with Crippen LogP contribution in [-0.2, 0) is 42.2 Å². The zero-order chi connectivity index (χ0) is 91.3. The Bertz CT molecular complexity index is 7140. The van der Waals surface area contributed by atoms with Gasteiger partial charge in [0.05, 0.1) is 67.1 Å². The molecule has 5 aromatic heterocycles. The maximum Gasteiger partial charge on any atom is 0.272 e. The van der Waals surface area contributed by atoms with Crippen LogP contribution in [0.3, 0.4) is 0 Å². The minimum Gasteiger partial charge on any atom is -0.456 e. The van der Waals surface area contributed by atoms with Gasteiger partial charge >= 0.3 is 0 Å². The largest absolute Gasteiger partial charge is 0.456 e. The van der Waals surface area contributed by atoms with E-state index >= 15 is 0 Å². The topological polar surface area (TPSA) is 310 Å². The number of hydrogen-bond acceptors (Lipinski definition) is 22. The van der Waals surface area contributed by atoms with Crippen molar-refractivity contribution in [2.45, 2.75) is 157 Å². The molecule has 27 nitrogen and oxygen atoms in total. The quantitative estimate of drug-likeness (QED) is 0.0565. The van der Waals surface area contributed by atoms with E-state index < -0.39 is 0 Å². The van der Waals surface area contributed by atoms with Crippen molar-refractivity contribution >= 4 is 53.9 Å². The first kappa shape index (κ1) is 87.6. The lowest BCUT2D eigenvalue weighted by atomic mass is 9.92. The predicted octanol–water partition coefficient (Wildman–Crippen LogP) is 19.5. The first-order valence-corrected chi connectivity index (χ1v) is 46.8. The second-order valence-corrected chi connectivity index (χ2v) is 36.8. The van der Waals surface area contributed by atoms with Gasteiger partial charge in [-0.05, 0) is 247 Å². The molecule has 0 bridgehead atoms. The van der Waals surface area contributed by atoms with Gasteiger partial charge in [-0.25, -0.2) is 25.5 Å². The molecule has 5 N–H and O–H groups in total. The molecule has 10 aromatic carbocycles. The Morgan fingerprint density at radius 1 is 0.376 bits per heavy atom. The van der Waals surface area contributed by atoms with Gasteiger partial charge in [0.25, 0.3) is 27.8 Å². The standard InChI is InChI=1S/C23H25N3O2.C22H21N3O4.C21H23N3O2.C20H19N3O2.C20H21N3O2/c1-2-4-15-9-11-26(12-10-15)14-16-7-8-19-18(13-16)22-21-17(23(27)25-24-22)5-3-6-20(21)28-19;26-21-15-2-1-3-18-19(15)20(23-24-21)16-12-14(4-5-17(16)29-18)13-25-8-6-22(7-9-25)27-10-11-28-22;1-12(2)24(13(3)4)11-14-8-9-17-16(10-14)20-19-15(21(25)23-22-20)6-5-7-18(19)26-17;1-12-7-8-23(10-12)11-13-5-6-16-15(9-13)19-18-14(20(24)22-21-19)3-2-4-17(18)25-16;1-3-10-23(4-2)12-13-8-9-16-15(11-13)19-18-14(20(24)22-21-19)6-5-7-17(18)25-16/h3,5-8,13,15H,2,4,9-12,14H2,1H3,(H,25,27);1-5,12H,6-11,13H2,(H,24,26);5-10,12-13H,11H2,1-4H3,(H,23,25);2-6,9,12H,7-8,10-11H2,1H3,(H,22,24);5-9,11H,3-4,10,12H2,1-2H3,(H,22,24). The Morgan fingerprint density at radius 3 is 1.01 bits per heavy atom. The first-order valence-electron chi connectivity index (χ1n) is 46.8. The fourth-order valence-electron chi connectivity index (χ4n) is 20.4. The molecule has 0 radical (unpaired) electrons. The highest BCUT2D eigenvalue weighted by Crippen LogP contribution is 2.51. The maximum absolute atomic E-state index is 12.2. The number of benzene rings is 10. The van der Waals surface area contributed by atoms with Crippen molar-refractivity contribution in [2.75, 3.05) is 65.6 Å². The number of likely N-dealkylation sites (tertiary alicyclic amines) is 3. The molecule has 0 amide bonds. The van der Waals surface area contributed by atoms with E-state index in [1.807, 2.05) is 103 Å². The van der Waals surface area contributed by atoms with Gasteiger partial charge in [0.15, 0.2) is 5.79 Å². The van der Waals surface area contributed by atoms with Gasteiger partial charge in [0.2, 0.25) is 0 Å². The van der Waals surface area contributed by atoms with Crippen molar-refractivity contribution in [3.63, 3.8) is 0 Å². The first-order chi connectivity index (χ1) is 64.8. The van der Waals surface area contributed by atoms with Crippen molar-refractivity contribution in [1.82, 2.24) is 75.5 Å². The Balaban J connectivity index is 0.000000104. The highest BCUT2D eigenvalue weighted by Gasteiger charge is 2.40. The molecule has 9 aliphatic rings. The van der Waals surface area contributed by atoms with E-state index in [2.05, 4.69) is 192 Å². The number of hydrogen-bond donors (Lipinski definition) is 5. The molecule has 0 aliphatic carbocycles. The lowest BCUT2D eigenvalue weighted by molar-refractivity contribution is -0.185. The summed E-state index contributed by atoms with van der Waals surface area (Å²) in [4.78, 5) is 72.9. The van der Waals surface area contributed by atoms with E-state index in [1.165, 1.54) is 73.0 Å². The highest BCUT2D eigenvalue weighted by atomic mass is 16.7. The number of aromatic amines is 5. The van der Waals surface area contributed by atoms with E-state index in [0.717, 1.165) is 215 Å². The third-order valence-corrected chi connectivity index (χ3v) is 27.1. The summed E-state index contributed by atoms with van der Waals surface area (Å²) >= 11 is 0. The summed E-state index contributed by atoms with van der Waals surface area (Å²) in [5.41, 5.74) is 13.8. The molecular formula is C106H109N15O12. The molecule has 133 heavy (non-hydrogen) atoms. The van der Waals surface area contributed by atoms with Gasteiger partial charge in [0.1, 0.15) is 86.0 Å². The Morgan fingerprint density at radius 2 is 0.692 bits per heavy atom. The predicted molar refractivity (Wildman–Crippen MR) is 518 cm³/mol. The number of fused-ring (bicyclic) bond motifs is 10. The SMILES string of the molecule is CC(C)N(Cc1ccc2c(c1)-c1n[nH]c(=O)c3cccc(c13)O2)C(C)C.CC1CCN(Cc2ccc3c(c2)-c2n[nH]c(=O)c4cccc(c24)O3)C1.CCCC1CCN(Cc2ccc3c(c2)-c2n[nH]c(=O)c4cccc(c24)O3)CC1.CCCN(CC)Cc1ccc2c(c1)-c1n[nH]c(=O)c3cccc(c13)O2.O=c1[nH]nc2c3c(cccc13)Oc1ccc(CN3CCC4(CC3)OCCO4)cc1-2. The number of rotatable bonds is 17. The third-order valence-electron chi connectivity index (χ3n) is 27.1. The monoisotopic (exact) mass is 1780 g/mol. The summed E-state index contributed by atoms with van der Waals surface area (Å²) < 4.78 is 41.9. The minimum absolute atomic E-state index is 0.182. The molecule has 15 aromatic rings. The molecule has 4 fully saturated rings. The summed E-state index contributed by atoms with van der Waals surface area (Å²) in [5, 5.41) is 41.8. The fraction of sp³-hybridized carbons (Fsp3) is 0.340. The third kappa shape index (κ3) is 17.6. The Labute approximate surface area is 768 Å². The smallest absolute Gasteiger partial charge is 0.272 e. The van der Waals surface area contributed by atoms with Crippen LogP contribution in [0.15, 0.2) is 206 Å². The lowest BCUT2D eigenvalue weighted by Gasteiger charge is -2.37. The van der Waals surface area contributed by atoms with Gasteiger partial charge in [-0.1, -0.05) is 101 Å². The van der Waals surface area contributed by atoms with E-state index in [0.29, 0.717) is 81.0 Å². The van der Waals surface area contributed by atoms with Crippen LogP contribution in [0.5, 0.6) is 57.5 Å². The van der Waals surface area contributed by atoms with E-state index in [1.54, 1.807) is 18.2 Å². The van der Waals surface area contributed by atoms with Crippen LogP contribution in [0.2, 0.25) is 0 Å².